The molecule has 0 aliphatic heterocycles. The zero-order valence-corrected chi connectivity index (χ0v) is 16.3. The molecule has 5 nitrogen and oxygen atoms in total. The van der Waals surface area contributed by atoms with Crippen LogP contribution in [0.2, 0.25) is 0 Å². The van der Waals surface area contributed by atoms with Crippen molar-refractivity contribution in [3.8, 4) is 5.75 Å². The summed E-state index contributed by atoms with van der Waals surface area (Å²) in [7, 11) is 0. The SMILES string of the molecule is O=C(NCc1ccc(C(F)(F)F)cc1)c1ccc(OCc2cn3ccccc3n2)cc1. The Labute approximate surface area is 176 Å². The fourth-order valence-corrected chi connectivity index (χ4v) is 3.01. The first-order valence-electron chi connectivity index (χ1n) is 9.48. The summed E-state index contributed by atoms with van der Waals surface area (Å²) >= 11 is 0. The summed E-state index contributed by atoms with van der Waals surface area (Å²) in [6, 6.07) is 17.0. The van der Waals surface area contributed by atoms with E-state index in [1.165, 1.54) is 12.1 Å². The number of alkyl halides is 3. The van der Waals surface area contributed by atoms with Crippen molar-refractivity contribution in [1.82, 2.24) is 14.7 Å². The number of halogens is 3. The Kier molecular flexibility index (Phi) is 5.62. The summed E-state index contributed by atoms with van der Waals surface area (Å²) in [5.74, 6) is 0.267. The van der Waals surface area contributed by atoms with Gasteiger partial charge in [0.15, 0.2) is 0 Å². The summed E-state index contributed by atoms with van der Waals surface area (Å²) in [4.78, 5) is 16.7. The fourth-order valence-electron chi connectivity index (χ4n) is 3.01. The van der Waals surface area contributed by atoms with Crippen LogP contribution in [0.5, 0.6) is 5.75 Å². The van der Waals surface area contributed by atoms with Gasteiger partial charge in [0.2, 0.25) is 0 Å². The predicted molar refractivity (Wildman–Crippen MR) is 109 cm³/mol. The van der Waals surface area contributed by atoms with E-state index in [1.54, 1.807) is 24.3 Å². The van der Waals surface area contributed by atoms with Gasteiger partial charge in [-0.1, -0.05) is 18.2 Å². The number of carbonyl (C=O) groups is 1. The molecule has 0 saturated heterocycles. The van der Waals surface area contributed by atoms with Crippen molar-refractivity contribution in [2.75, 3.05) is 0 Å². The molecular weight excluding hydrogens is 407 g/mol. The third-order valence-electron chi connectivity index (χ3n) is 4.65. The van der Waals surface area contributed by atoms with Gasteiger partial charge in [0, 0.05) is 24.5 Å². The highest BCUT2D eigenvalue weighted by Crippen LogP contribution is 2.29. The number of imidazole rings is 1. The number of benzene rings is 2. The van der Waals surface area contributed by atoms with E-state index in [0.717, 1.165) is 23.5 Å². The molecule has 1 amide bonds. The van der Waals surface area contributed by atoms with Crippen LogP contribution in [0.25, 0.3) is 5.65 Å². The number of hydrogen-bond donors (Lipinski definition) is 1. The standard InChI is InChI=1S/C23H18F3N3O2/c24-23(25,26)18-8-4-16(5-9-18)13-27-22(30)17-6-10-20(11-7-17)31-15-19-14-29-12-2-1-3-21(29)28-19/h1-12,14H,13,15H2,(H,27,30). The molecular formula is C23H18F3N3O2. The second-order valence-electron chi connectivity index (χ2n) is 6.89. The second kappa shape index (κ2) is 8.51. The Bertz CT molecular complexity index is 1150. The lowest BCUT2D eigenvalue weighted by Crippen LogP contribution is -2.22. The van der Waals surface area contributed by atoms with Crippen LogP contribution in [-0.2, 0) is 19.3 Å². The highest BCUT2D eigenvalue weighted by atomic mass is 19.4. The fraction of sp³-hybridized carbons (Fsp3) is 0.130. The number of nitrogens with one attached hydrogen (secondary N) is 1. The van der Waals surface area contributed by atoms with Gasteiger partial charge in [-0.2, -0.15) is 13.2 Å². The first kappa shape index (κ1) is 20.5. The molecule has 1 N–H and O–H groups in total. The molecule has 2 aromatic carbocycles. The molecule has 4 rings (SSSR count). The summed E-state index contributed by atoms with van der Waals surface area (Å²) in [6.45, 7) is 0.421. The molecule has 0 aliphatic rings. The predicted octanol–water partition coefficient (Wildman–Crippen LogP) is 4.86. The maximum absolute atomic E-state index is 12.6. The zero-order valence-electron chi connectivity index (χ0n) is 16.3. The molecule has 0 bridgehead atoms. The average Bonchev–Trinajstić information content (AvgIpc) is 3.19. The Morgan fingerprint density at radius 1 is 1.00 bits per heavy atom. The summed E-state index contributed by atoms with van der Waals surface area (Å²) in [5.41, 5.74) is 1.90. The van der Waals surface area contributed by atoms with Crippen molar-refractivity contribution >= 4 is 11.6 Å². The minimum atomic E-state index is -4.38. The van der Waals surface area contributed by atoms with Crippen molar-refractivity contribution < 1.29 is 22.7 Å². The zero-order chi connectivity index (χ0) is 21.8. The Morgan fingerprint density at radius 3 is 2.42 bits per heavy atom. The van der Waals surface area contributed by atoms with Gasteiger partial charge in [-0.15, -0.1) is 0 Å². The van der Waals surface area contributed by atoms with Gasteiger partial charge in [0.25, 0.3) is 5.91 Å². The van der Waals surface area contributed by atoms with Crippen LogP contribution in [0, 0.1) is 0 Å². The maximum atomic E-state index is 12.6. The van der Waals surface area contributed by atoms with Crippen LogP contribution in [0.15, 0.2) is 79.1 Å². The van der Waals surface area contributed by atoms with Crippen LogP contribution in [0.3, 0.4) is 0 Å². The summed E-state index contributed by atoms with van der Waals surface area (Å²) in [5, 5.41) is 2.69. The quantitative estimate of drug-likeness (QED) is 0.480. The smallest absolute Gasteiger partial charge is 0.416 e. The van der Waals surface area contributed by atoms with E-state index >= 15 is 0 Å². The van der Waals surface area contributed by atoms with Crippen LogP contribution in [0.4, 0.5) is 13.2 Å². The van der Waals surface area contributed by atoms with Gasteiger partial charge < -0.3 is 14.5 Å². The minimum Gasteiger partial charge on any atom is -0.487 e. The molecule has 0 aliphatic carbocycles. The topological polar surface area (TPSA) is 55.6 Å². The van der Waals surface area contributed by atoms with E-state index < -0.39 is 11.7 Å². The first-order valence-corrected chi connectivity index (χ1v) is 9.48. The molecule has 158 valence electrons. The number of aromatic nitrogens is 2. The van der Waals surface area contributed by atoms with Gasteiger partial charge in [-0.25, -0.2) is 4.98 Å². The van der Waals surface area contributed by atoms with E-state index in [1.807, 2.05) is 35.0 Å². The third-order valence-corrected chi connectivity index (χ3v) is 4.65. The number of carbonyl (C=O) groups excluding carboxylic acids is 1. The van der Waals surface area contributed by atoms with Crippen LogP contribution < -0.4 is 10.1 Å². The minimum absolute atomic E-state index is 0.128. The van der Waals surface area contributed by atoms with Gasteiger partial charge in [0.1, 0.15) is 18.0 Å². The summed E-state index contributed by atoms with van der Waals surface area (Å²) in [6.07, 6.45) is -0.584. The van der Waals surface area contributed by atoms with E-state index in [2.05, 4.69) is 10.3 Å². The number of nitrogens with zero attached hydrogens (tertiary/aromatic N) is 2. The van der Waals surface area contributed by atoms with Crippen molar-refractivity contribution in [1.29, 1.82) is 0 Å². The van der Waals surface area contributed by atoms with Crippen LogP contribution in [-0.4, -0.2) is 15.3 Å². The highest BCUT2D eigenvalue weighted by molar-refractivity contribution is 5.94. The molecule has 31 heavy (non-hydrogen) atoms. The third kappa shape index (κ3) is 5.03. The Morgan fingerprint density at radius 2 is 1.74 bits per heavy atom. The molecule has 2 heterocycles. The average molecular weight is 425 g/mol. The molecule has 0 spiro atoms. The molecule has 4 aromatic rings. The van der Waals surface area contributed by atoms with Gasteiger partial charge in [-0.05, 0) is 54.1 Å². The maximum Gasteiger partial charge on any atom is 0.416 e. The van der Waals surface area contributed by atoms with Gasteiger partial charge in [0.05, 0.1) is 11.3 Å². The van der Waals surface area contributed by atoms with Gasteiger partial charge >= 0.3 is 6.18 Å². The summed E-state index contributed by atoms with van der Waals surface area (Å²) < 4.78 is 45.4. The van der Waals surface area contributed by atoms with Gasteiger partial charge in [-0.3, -0.25) is 4.79 Å². The molecule has 8 heteroatoms. The van der Waals surface area contributed by atoms with Crippen molar-refractivity contribution in [2.45, 2.75) is 19.3 Å². The molecule has 2 aromatic heterocycles. The molecule has 0 saturated carbocycles. The van der Waals surface area contributed by atoms with E-state index in [0.29, 0.717) is 23.5 Å². The van der Waals surface area contributed by atoms with E-state index in [-0.39, 0.29) is 12.5 Å². The van der Waals surface area contributed by atoms with Crippen LogP contribution in [0.1, 0.15) is 27.2 Å². The van der Waals surface area contributed by atoms with Crippen molar-refractivity contribution in [2.24, 2.45) is 0 Å². The number of rotatable bonds is 6. The van der Waals surface area contributed by atoms with E-state index in [9.17, 15) is 18.0 Å². The normalized spacial score (nSPS) is 11.5. The first-order chi connectivity index (χ1) is 14.9. The number of pyridine rings is 1. The lowest BCUT2D eigenvalue weighted by atomic mass is 10.1. The van der Waals surface area contributed by atoms with E-state index in [4.69, 9.17) is 4.74 Å². The second-order valence-corrected chi connectivity index (χ2v) is 6.89. The lowest BCUT2D eigenvalue weighted by molar-refractivity contribution is -0.137. The number of hydrogen-bond acceptors (Lipinski definition) is 3. The Hall–Kier alpha value is -3.81. The van der Waals surface area contributed by atoms with Crippen molar-refractivity contribution in [3.05, 3.63) is 102 Å². The number of amides is 1. The highest BCUT2D eigenvalue weighted by Gasteiger charge is 2.29. The lowest BCUT2D eigenvalue weighted by Gasteiger charge is -2.09. The van der Waals surface area contributed by atoms with Crippen LogP contribution >= 0.6 is 0 Å². The van der Waals surface area contributed by atoms with Crippen molar-refractivity contribution in [3.63, 3.8) is 0 Å². The number of ether oxygens (including phenoxy) is 1. The molecule has 0 unspecified atom stereocenters. The molecule has 0 fully saturated rings. The largest absolute Gasteiger partial charge is 0.487 e. The monoisotopic (exact) mass is 425 g/mol. The molecule has 0 radical (unpaired) electrons. The molecule has 0 atom stereocenters. The Balaban J connectivity index is 1.30. The number of fused-ring (bicyclic) bond motifs is 1.